The van der Waals surface area contributed by atoms with Gasteiger partial charge in [-0.2, -0.15) is 0 Å². The third-order valence-corrected chi connectivity index (χ3v) is 5.18. The van der Waals surface area contributed by atoms with Crippen molar-refractivity contribution in [2.75, 3.05) is 26.8 Å². The number of carbonyl (C=O) groups is 2. The molecule has 2 aromatic rings. The molecule has 5 nitrogen and oxygen atoms in total. The Morgan fingerprint density at radius 2 is 1.57 bits per heavy atom. The summed E-state index contributed by atoms with van der Waals surface area (Å²) in [6.07, 6.45) is 1.79. The number of benzene rings is 2. The fraction of sp³-hybridized carbons (Fsp3) is 0.391. The second kappa shape index (κ2) is 9.40. The molecule has 0 aromatic heterocycles. The van der Waals surface area contributed by atoms with E-state index in [-0.39, 0.29) is 17.6 Å². The van der Waals surface area contributed by atoms with Gasteiger partial charge in [-0.25, -0.2) is 0 Å². The molecule has 0 aliphatic carbocycles. The molecule has 1 aliphatic heterocycles. The number of ether oxygens (including phenoxy) is 2. The van der Waals surface area contributed by atoms with Crippen LogP contribution in [0.15, 0.2) is 48.5 Å². The van der Waals surface area contributed by atoms with E-state index in [9.17, 15) is 9.59 Å². The lowest BCUT2D eigenvalue weighted by atomic mass is 9.88. The molecule has 0 saturated carbocycles. The molecule has 5 heteroatoms. The summed E-state index contributed by atoms with van der Waals surface area (Å²) in [5.41, 5.74) is 1.69. The first kappa shape index (κ1) is 19.9. The summed E-state index contributed by atoms with van der Waals surface area (Å²) in [5.74, 6) is 1.80. The van der Waals surface area contributed by atoms with Gasteiger partial charge in [-0.05, 0) is 61.7 Å². The predicted octanol–water partition coefficient (Wildman–Crippen LogP) is 3.76. The minimum atomic E-state index is -0.0251. The third kappa shape index (κ3) is 4.91. The van der Waals surface area contributed by atoms with Crippen LogP contribution in [-0.2, 0) is 11.2 Å². The molecule has 2 aromatic carbocycles. The number of carbonyl (C=O) groups excluding carboxylic acids is 2. The van der Waals surface area contributed by atoms with Crippen LogP contribution in [0.5, 0.6) is 11.5 Å². The van der Waals surface area contributed by atoms with Crippen LogP contribution in [-0.4, -0.2) is 43.4 Å². The minimum absolute atomic E-state index is 0.0251. The zero-order chi connectivity index (χ0) is 19.9. The molecule has 1 heterocycles. The number of hydrogen-bond donors (Lipinski definition) is 0. The Kier molecular flexibility index (Phi) is 6.69. The van der Waals surface area contributed by atoms with Crippen LogP contribution >= 0.6 is 0 Å². The Hall–Kier alpha value is -2.82. The van der Waals surface area contributed by atoms with Gasteiger partial charge in [-0.1, -0.05) is 12.1 Å². The summed E-state index contributed by atoms with van der Waals surface area (Å²) in [6.45, 7) is 3.83. The summed E-state index contributed by atoms with van der Waals surface area (Å²) >= 11 is 0. The van der Waals surface area contributed by atoms with Crippen molar-refractivity contribution < 1.29 is 19.1 Å². The Morgan fingerprint density at radius 1 is 0.964 bits per heavy atom. The second-order valence-electron chi connectivity index (χ2n) is 7.00. The summed E-state index contributed by atoms with van der Waals surface area (Å²) < 4.78 is 10.6. The van der Waals surface area contributed by atoms with Crippen molar-refractivity contribution in [3.8, 4) is 11.5 Å². The van der Waals surface area contributed by atoms with E-state index in [4.69, 9.17) is 9.47 Å². The molecular weight excluding hydrogens is 354 g/mol. The van der Waals surface area contributed by atoms with Crippen molar-refractivity contribution in [3.05, 3.63) is 59.7 Å². The Balaban J connectivity index is 1.51. The lowest BCUT2D eigenvalue weighted by molar-refractivity contribution is -0.131. The van der Waals surface area contributed by atoms with E-state index in [0.717, 1.165) is 17.1 Å². The molecule has 0 bridgehead atoms. The number of nitrogens with zero attached hydrogens (tertiary/aromatic N) is 1. The van der Waals surface area contributed by atoms with E-state index in [1.807, 2.05) is 60.4 Å². The molecule has 0 radical (unpaired) electrons. The quantitative estimate of drug-likeness (QED) is 0.686. The van der Waals surface area contributed by atoms with Crippen molar-refractivity contribution in [3.63, 3.8) is 0 Å². The van der Waals surface area contributed by atoms with Crippen LogP contribution < -0.4 is 9.47 Å². The maximum atomic E-state index is 12.7. The molecule has 148 valence electrons. The number of amides is 1. The van der Waals surface area contributed by atoms with Crippen LogP contribution in [0.25, 0.3) is 0 Å². The van der Waals surface area contributed by atoms with E-state index in [0.29, 0.717) is 44.5 Å². The summed E-state index contributed by atoms with van der Waals surface area (Å²) in [5, 5.41) is 0. The summed E-state index contributed by atoms with van der Waals surface area (Å²) in [7, 11) is 1.61. The molecule has 0 unspecified atom stereocenters. The Morgan fingerprint density at radius 3 is 2.14 bits per heavy atom. The molecule has 0 N–H and O–H groups in total. The first-order valence-electron chi connectivity index (χ1n) is 9.78. The lowest BCUT2D eigenvalue weighted by Gasteiger charge is -2.31. The highest BCUT2D eigenvalue weighted by molar-refractivity contribution is 5.98. The van der Waals surface area contributed by atoms with Crippen LogP contribution in [0.1, 0.15) is 35.7 Å². The standard InChI is InChI=1S/C23H27NO4/c1-3-28-21-8-4-17(5-9-21)16-22(25)24-14-12-19(13-15-24)23(26)18-6-10-20(27-2)11-7-18/h4-11,19H,3,12-16H2,1-2H3. The molecule has 1 saturated heterocycles. The largest absolute Gasteiger partial charge is 0.497 e. The number of Topliss-reactive ketones (excluding diaryl/α,β-unsaturated/α-hetero) is 1. The molecule has 0 spiro atoms. The van der Waals surface area contributed by atoms with Gasteiger partial charge in [-0.15, -0.1) is 0 Å². The van der Waals surface area contributed by atoms with Crippen molar-refractivity contribution in [1.82, 2.24) is 4.90 Å². The third-order valence-electron chi connectivity index (χ3n) is 5.18. The van der Waals surface area contributed by atoms with Gasteiger partial charge >= 0.3 is 0 Å². The van der Waals surface area contributed by atoms with Crippen molar-refractivity contribution in [2.45, 2.75) is 26.2 Å². The molecule has 0 atom stereocenters. The van der Waals surface area contributed by atoms with Crippen LogP contribution in [0, 0.1) is 5.92 Å². The maximum Gasteiger partial charge on any atom is 0.226 e. The van der Waals surface area contributed by atoms with Gasteiger partial charge in [0.2, 0.25) is 5.91 Å². The number of likely N-dealkylation sites (tertiary alicyclic amines) is 1. The maximum absolute atomic E-state index is 12.7. The highest BCUT2D eigenvalue weighted by atomic mass is 16.5. The number of methoxy groups -OCH3 is 1. The first-order chi connectivity index (χ1) is 13.6. The summed E-state index contributed by atoms with van der Waals surface area (Å²) in [6, 6.07) is 14.9. The van der Waals surface area contributed by atoms with Gasteiger partial charge in [-0.3, -0.25) is 9.59 Å². The van der Waals surface area contributed by atoms with E-state index in [2.05, 4.69) is 0 Å². The van der Waals surface area contributed by atoms with Crippen LogP contribution in [0.3, 0.4) is 0 Å². The zero-order valence-electron chi connectivity index (χ0n) is 16.5. The number of piperidine rings is 1. The topological polar surface area (TPSA) is 55.8 Å². The van der Waals surface area contributed by atoms with Gasteiger partial charge in [0.15, 0.2) is 5.78 Å². The van der Waals surface area contributed by atoms with Gasteiger partial charge in [0.05, 0.1) is 20.1 Å². The van der Waals surface area contributed by atoms with Gasteiger partial charge < -0.3 is 14.4 Å². The van der Waals surface area contributed by atoms with Gasteiger partial charge in [0, 0.05) is 24.6 Å². The van der Waals surface area contributed by atoms with Crippen molar-refractivity contribution in [1.29, 1.82) is 0 Å². The number of hydrogen-bond acceptors (Lipinski definition) is 4. The van der Waals surface area contributed by atoms with Gasteiger partial charge in [0.1, 0.15) is 11.5 Å². The highest BCUT2D eigenvalue weighted by Crippen LogP contribution is 2.24. The fourth-order valence-corrected chi connectivity index (χ4v) is 3.54. The smallest absolute Gasteiger partial charge is 0.226 e. The van der Waals surface area contributed by atoms with Crippen LogP contribution in [0.4, 0.5) is 0 Å². The molecular formula is C23H27NO4. The van der Waals surface area contributed by atoms with E-state index in [1.165, 1.54) is 0 Å². The number of ketones is 1. The predicted molar refractivity (Wildman–Crippen MR) is 108 cm³/mol. The highest BCUT2D eigenvalue weighted by Gasteiger charge is 2.27. The lowest BCUT2D eigenvalue weighted by Crippen LogP contribution is -2.41. The SMILES string of the molecule is CCOc1ccc(CC(=O)N2CCC(C(=O)c3ccc(OC)cc3)CC2)cc1. The van der Waals surface area contributed by atoms with Gasteiger partial charge in [0.25, 0.3) is 0 Å². The monoisotopic (exact) mass is 381 g/mol. The molecule has 1 aliphatic rings. The minimum Gasteiger partial charge on any atom is -0.497 e. The zero-order valence-corrected chi connectivity index (χ0v) is 16.5. The molecule has 1 amide bonds. The molecule has 28 heavy (non-hydrogen) atoms. The Labute approximate surface area is 166 Å². The average molecular weight is 381 g/mol. The number of rotatable bonds is 7. The normalized spacial score (nSPS) is 14.6. The fourth-order valence-electron chi connectivity index (χ4n) is 3.54. The Bertz CT molecular complexity index is 790. The molecule has 1 fully saturated rings. The van der Waals surface area contributed by atoms with E-state index < -0.39 is 0 Å². The average Bonchev–Trinajstić information content (AvgIpc) is 2.75. The van der Waals surface area contributed by atoms with Crippen LogP contribution in [0.2, 0.25) is 0 Å². The molecule has 3 rings (SSSR count). The van der Waals surface area contributed by atoms with Crippen molar-refractivity contribution in [2.24, 2.45) is 5.92 Å². The van der Waals surface area contributed by atoms with E-state index >= 15 is 0 Å². The summed E-state index contributed by atoms with van der Waals surface area (Å²) in [4.78, 5) is 27.2. The van der Waals surface area contributed by atoms with E-state index in [1.54, 1.807) is 7.11 Å². The second-order valence-corrected chi connectivity index (χ2v) is 7.00. The van der Waals surface area contributed by atoms with Crippen molar-refractivity contribution >= 4 is 11.7 Å². The first-order valence-corrected chi connectivity index (χ1v) is 9.78.